The summed E-state index contributed by atoms with van der Waals surface area (Å²) in [6, 6.07) is 5.69. The van der Waals surface area contributed by atoms with Crippen LogP contribution in [-0.4, -0.2) is 6.54 Å². The summed E-state index contributed by atoms with van der Waals surface area (Å²) in [5.41, 5.74) is 1.49. The first-order valence-electron chi connectivity index (χ1n) is 7.08. The average molecular weight is 302 g/mol. The van der Waals surface area contributed by atoms with E-state index in [4.69, 9.17) is 23.2 Å². The summed E-state index contributed by atoms with van der Waals surface area (Å²) >= 11 is 12.0. The van der Waals surface area contributed by atoms with Crippen LogP contribution in [0.4, 0.5) is 0 Å². The Labute approximate surface area is 127 Å². The summed E-state index contributed by atoms with van der Waals surface area (Å²) < 4.78 is 0. The summed E-state index contributed by atoms with van der Waals surface area (Å²) in [6.45, 7) is 8.72. The second kappa shape index (κ2) is 8.14. The molecule has 0 saturated heterocycles. The van der Waals surface area contributed by atoms with Crippen LogP contribution >= 0.6 is 23.2 Å². The molecule has 1 aromatic carbocycles. The van der Waals surface area contributed by atoms with E-state index in [9.17, 15) is 0 Å². The zero-order chi connectivity index (χ0) is 14.3. The van der Waals surface area contributed by atoms with Gasteiger partial charge in [0.15, 0.2) is 0 Å². The van der Waals surface area contributed by atoms with Gasteiger partial charge >= 0.3 is 0 Å². The van der Waals surface area contributed by atoms with Crippen molar-refractivity contribution >= 4 is 23.2 Å². The first-order valence-corrected chi connectivity index (χ1v) is 7.84. The van der Waals surface area contributed by atoms with E-state index >= 15 is 0 Å². The van der Waals surface area contributed by atoms with Gasteiger partial charge in [-0.15, -0.1) is 0 Å². The van der Waals surface area contributed by atoms with Crippen molar-refractivity contribution in [2.75, 3.05) is 6.54 Å². The Morgan fingerprint density at radius 2 is 1.68 bits per heavy atom. The van der Waals surface area contributed by atoms with Crippen LogP contribution in [0.5, 0.6) is 0 Å². The molecule has 0 heterocycles. The summed E-state index contributed by atoms with van der Waals surface area (Å²) in [4.78, 5) is 0. The molecule has 1 N–H and O–H groups in total. The molecule has 0 aliphatic carbocycles. The van der Waals surface area contributed by atoms with Crippen LogP contribution in [0.1, 0.15) is 52.0 Å². The van der Waals surface area contributed by atoms with Crippen molar-refractivity contribution in [3.63, 3.8) is 0 Å². The predicted octanol–water partition coefficient (Wildman–Crippen LogP) is 5.69. The van der Waals surface area contributed by atoms with Crippen LogP contribution in [0.15, 0.2) is 18.2 Å². The molecule has 108 valence electrons. The lowest BCUT2D eigenvalue weighted by atomic mass is 9.87. The third kappa shape index (κ3) is 7.20. The van der Waals surface area contributed by atoms with Crippen LogP contribution in [0.3, 0.4) is 0 Å². The van der Waals surface area contributed by atoms with Crippen molar-refractivity contribution < 1.29 is 0 Å². The molecule has 0 aliphatic rings. The largest absolute Gasteiger partial charge is 0.312 e. The average Bonchev–Trinajstić information content (AvgIpc) is 2.27. The number of benzene rings is 1. The van der Waals surface area contributed by atoms with E-state index in [1.54, 1.807) is 6.07 Å². The molecule has 0 aromatic heterocycles. The Balaban J connectivity index is 2.36. The van der Waals surface area contributed by atoms with E-state index in [1.807, 2.05) is 12.1 Å². The van der Waals surface area contributed by atoms with Gasteiger partial charge in [-0.25, -0.2) is 0 Å². The van der Waals surface area contributed by atoms with Gasteiger partial charge in [0.1, 0.15) is 0 Å². The highest BCUT2D eigenvalue weighted by Crippen LogP contribution is 2.23. The van der Waals surface area contributed by atoms with Crippen LogP contribution in [0.25, 0.3) is 0 Å². The molecule has 0 fully saturated rings. The number of rotatable bonds is 8. The standard InChI is InChI=1S/C16H25Cl2N/c1-4-5-6-7-16(2,3)12-19-11-13-8-14(17)10-15(18)9-13/h8-10,19H,4-7,11-12H2,1-3H3. The lowest BCUT2D eigenvalue weighted by Crippen LogP contribution is -2.29. The van der Waals surface area contributed by atoms with Gasteiger partial charge in [-0.1, -0.05) is 63.2 Å². The summed E-state index contributed by atoms with van der Waals surface area (Å²) in [5, 5.41) is 4.91. The summed E-state index contributed by atoms with van der Waals surface area (Å²) in [6.07, 6.45) is 5.19. The van der Waals surface area contributed by atoms with Gasteiger partial charge in [-0.2, -0.15) is 0 Å². The molecule has 1 nitrogen and oxygen atoms in total. The molecule has 3 heteroatoms. The van der Waals surface area contributed by atoms with Crippen molar-refractivity contribution in [3.8, 4) is 0 Å². The lowest BCUT2D eigenvalue weighted by molar-refractivity contribution is 0.302. The Hall–Kier alpha value is -0.240. The summed E-state index contributed by atoms with van der Waals surface area (Å²) in [5.74, 6) is 0. The Kier molecular flexibility index (Phi) is 7.20. The Bertz CT molecular complexity index is 368. The summed E-state index contributed by atoms with van der Waals surface area (Å²) in [7, 11) is 0. The highest BCUT2D eigenvalue weighted by molar-refractivity contribution is 6.34. The Morgan fingerprint density at radius 3 is 2.26 bits per heavy atom. The van der Waals surface area contributed by atoms with E-state index < -0.39 is 0 Å². The van der Waals surface area contributed by atoms with Gasteiger partial charge in [0, 0.05) is 23.1 Å². The Morgan fingerprint density at radius 1 is 1.05 bits per heavy atom. The highest BCUT2D eigenvalue weighted by atomic mass is 35.5. The monoisotopic (exact) mass is 301 g/mol. The predicted molar refractivity (Wildman–Crippen MR) is 86.1 cm³/mol. The quantitative estimate of drug-likeness (QED) is 0.608. The van der Waals surface area contributed by atoms with Gasteiger partial charge < -0.3 is 5.32 Å². The van der Waals surface area contributed by atoms with E-state index in [-0.39, 0.29) is 0 Å². The maximum atomic E-state index is 5.99. The second-order valence-corrected chi connectivity index (χ2v) is 6.88. The van der Waals surface area contributed by atoms with E-state index in [1.165, 1.54) is 25.7 Å². The number of nitrogens with one attached hydrogen (secondary N) is 1. The maximum Gasteiger partial charge on any atom is 0.0424 e. The van der Waals surface area contributed by atoms with Crippen molar-refractivity contribution in [1.82, 2.24) is 5.32 Å². The molecule has 0 bridgehead atoms. The topological polar surface area (TPSA) is 12.0 Å². The normalized spacial score (nSPS) is 11.8. The number of halogens is 2. The minimum absolute atomic E-state index is 0.345. The minimum atomic E-state index is 0.345. The van der Waals surface area contributed by atoms with Gasteiger partial charge in [0.2, 0.25) is 0 Å². The lowest BCUT2D eigenvalue weighted by Gasteiger charge is -2.25. The molecule has 0 saturated carbocycles. The van der Waals surface area contributed by atoms with E-state index in [0.29, 0.717) is 15.5 Å². The minimum Gasteiger partial charge on any atom is -0.312 e. The zero-order valence-corrected chi connectivity index (χ0v) is 13.7. The molecule has 0 aliphatic heterocycles. The van der Waals surface area contributed by atoms with Gasteiger partial charge in [-0.3, -0.25) is 0 Å². The number of hydrogen-bond donors (Lipinski definition) is 1. The molecular formula is C16H25Cl2N. The first-order chi connectivity index (χ1) is 8.93. The fourth-order valence-electron chi connectivity index (χ4n) is 2.20. The number of unbranched alkanes of at least 4 members (excludes halogenated alkanes) is 2. The maximum absolute atomic E-state index is 5.99. The van der Waals surface area contributed by atoms with Crippen molar-refractivity contribution in [3.05, 3.63) is 33.8 Å². The SMILES string of the molecule is CCCCCC(C)(C)CNCc1cc(Cl)cc(Cl)c1. The molecule has 0 spiro atoms. The molecular weight excluding hydrogens is 277 g/mol. The fourth-order valence-corrected chi connectivity index (χ4v) is 2.77. The van der Waals surface area contributed by atoms with Gasteiger partial charge in [-0.05, 0) is 35.6 Å². The molecule has 0 atom stereocenters. The van der Waals surface area contributed by atoms with Crippen molar-refractivity contribution in [2.24, 2.45) is 5.41 Å². The van der Waals surface area contributed by atoms with Gasteiger partial charge in [0.05, 0.1) is 0 Å². The van der Waals surface area contributed by atoms with Gasteiger partial charge in [0.25, 0.3) is 0 Å². The molecule has 1 rings (SSSR count). The van der Waals surface area contributed by atoms with Crippen LogP contribution in [0, 0.1) is 5.41 Å². The smallest absolute Gasteiger partial charge is 0.0424 e. The molecule has 0 amide bonds. The van der Waals surface area contributed by atoms with Crippen molar-refractivity contribution in [2.45, 2.75) is 53.0 Å². The third-order valence-corrected chi connectivity index (χ3v) is 3.75. The van der Waals surface area contributed by atoms with Crippen LogP contribution in [-0.2, 0) is 6.54 Å². The molecule has 0 radical (unpaired) electrons. The third-order valence-electron chi connectivity index (χ3n) is 3.31. The van der Waals surface area contributed by atoms with Crippen LogP contribution < -0.4 is 5.32 Å². The molecule has 19 heavy (non-hydrogen) atoms. The highest BCUT2D eigenvalue weighted by Gasteiger charge is 2.16. The number of hydrogen-bond acceptors (Lipinski definition) is 1. The van der Waals surface area contributed by atoms with E-state index in [0.717, 1.165) is 18.7 Å². The van der Waals surface area contributed by atoms with E-state index in [2.05, 4.69) is 26.1 Å². The molecule has 1 aromatic rings. The fraction of sp³-hybridized carbons (Fsp3) is 0.625. The zero-order valence-electron chi connectivity index (χ0n) is 12.2. The molecule has 0 unspecified atom stereocenters. The first kappa shape index (κ1) is 16.8. The van der Waals surface area contributed by atoms with Crippen LogP contribution in [0.2, 0.25) is 10.0 Å². The van der Waals surface area contributed by atoms with Crippen molar-refractivity contribution in [1.29, 1.82) is 0 Å². The second-order valence-electron chi connectivity index (χ2n) is 6.00.